The highest BCUT2D eigenvalue weighted by Gasteiger charge is 2.35. The molecule has 0 radical (unpaired) electrons. The van der Waals surface area contributed by atoms with E-state index in [0.717, 1.165) is 36.3 Å². The van der Waals surface area contributed by atoms with Gasteiger partial charge in [0.05, 0.1) is 23.3 Å². The van der Waals surface area contributed by atoms with Crippen LogP contribution >= 0.6 is 0 Å². The lowest BCUT2D eigenvalue weighted by Gasteiger charge is -2.20. The number of nitrogens with zero attached hydrogens (tertiary/aromatic N) is 3. The normalized spacial score (nSPS) is 18.5. The third-order valence-electron chi connectivity index (χ3n) is 4.33. The third kappa shape index (κ3) is 5.15. The predicted molar refractivity (Wildman–Crippen MR) is 104 cm³/mol. The molecule has 1 N–H and O–H groups in total. The topological polar surface area (TPSA) is 59.8 Å². The van der Waals surface area contributed by atoms with E-state index in [9.17, 15) is 4.79 Å². The molecular formula is C20H32N4O. The SMILES string of the molecule is CC.CC.Cc1nnn([C@H]2CCC[C@@H]2C(=O)Nc2ccccc2)c1C. The largest absolute Gasteiger partial charge is 0.326 e. The number of hydrogen-bond acceptors (Lipinski definition) is 3. The van der Waals surface area contributed by atoms with Crippen LogP contribution in [0.25, 0.3) is 0 Å². The van der Waals surface area contributed by atoms with Crippen LogP contribution in [-0.2, 0) is 4.79 Å². The van der Waals surface area contributed by atoms with E-state index in [1.165, 1.54) is 0 Å². The van der Waals surface area contributed by atoms with Crippen LogP contribution in [0.1, 0.15) is 64.4 Å². The van der Waals surface area contributed by atoms with Crippen molar-refractivity contribution < 1.29 is 4.79 Å². The van der Waals surface area contributed by atoms with Crippen molar-refractivity contribution in [1.82, 2.24) is 15.0 Å². The molecule has 5 heteroatoms. The molecule has 1 amide bonds. The fourth-order valence-electron chi connectivity index (χ4n) is 3.03. The third-order valence-corrected chi connectivity index (χ3v) is 4.33. The summed E-state index contributed by atoms with van der Waals surface area (Å²) in [4.78, 5) is 12.5. The summed E-state index contributed by atoms with van der Waals surface area (Å²) in [5.41, 5.74) is 2.84. The van der Waals surface area contributed by atoms with Gasteiger partial charge in [0.2, 0.25) is 5.91 Å². The first-order valence-electron chi connectivity index (χ1n) is 9.41. The lowest BCUT2D eigenvalue weighted by atomic mass is 10.0. The van der Waals surface area contributed by atoms with Gasteiger partial charge in [0.1, 0.15) is 0 Å². The molecule has 0 saturated heterocycles. The van der Waals surface area contributed by atoms with Crippen molar-refractivity contribution in [2.45, 2.75) is 66.8 Å². The summed E-state index contributed by atoms with van der Waals surface area (Å²) in [7, 11) is 0. The monoisotopic (exact) mass is 344 g/mol. The molecule has 3 rings (SSSR count). The Morgan fingerprint density at radius 2 is 1.72 bits per heavy atom. The number of nitrogens with one attached hydrogen (secondary N) is 1. The Morgan fingerprint density at radius 3 is 2.28 bits per heavy atom. The van der Waals surface area contributed by atoms with E-state index < -0.39 is 0 Å². The zero-order chi connectivity index (χ0) is 18.8. The number of carbonyl (C=O) groups is 1. The molecule has 138 valence electrons. The minimum Gasteiger partial charge on any atom is -0.326 e. The van der Waals surface area contributed by atoms with Gasteiger partial charge in [-0.25, -0.2) is 4.68 Å². The maximum absolute atomic E-state index is 12.5. The summed E-state index contributed by atoms with van der Waals surface area (Å²) in [6.07, 6.45) is 2.94. The second-order valence-corrected chi connectivity index (χ2v) is 5.66. The van der Waals surface area contributed by atoms with Crippen LogP contribution in [0, 0.1) is 19.8 Å². The van der Waals surface area contributed by atoms with E-state index in [-0.39, 0.29) is 17.9 Å². The van der Waals surface area contributed by atoms with Gasteiger partial charge in [0, 0.05) is 5.69 Å². The molecule has 5 nitrogen and oxygen atoms in total. The number of benzene rings is 1. The molecule has 2 atom stereocenters. The number of aryl methyl sites for hydroxylation is 1. The van der Waals surface area contributed by atoms with Crippen LogP contribution in [0.4, 0.5) is 5.69 Å². The fraction of sp³-hybridized carbons (Fsp3) is 0.550. The molecule has 0 aliphatic heterocycles. The number of rotatable bonds is 3. The Labute approximate surface area is 151 Å². The summed E-state index contributed by atoms with van der Waals surface area (Å²) in [6, 6.07) is 9.73. The van der Waals surface area contributed by atoms with Gasteiger partial charge in [0.15, 0.2) is 0 Å². The van der Waals surface area contributed by atoms with Crippen LogP contribution in [-0.4, -0.2) is 20.9 Å². The molecule has 1 aromatic heterocycles. The van der Waals surface area contributed by atoms with Crippen molar-refractivity contribution >= 4 is 11.6 Å². The van der Waals surface area contributed by atoms with E-state index in [4.69, 9.17) is 0 Å². The summed E-state index contributed by atoms with van der Waals surface area (Å²) < 4.78 is 1.93. The van der Waals surface area contributed by atoms with Crippen LogP contribution in [0.2, 0.25) is 0 Å². The molecule has 1 aromatic carbocycles. The number of hydrogen-bond donors (Lipinski definition) is 1. The Kier molecular flexibility index (Phi) is 8.89. The van der Waals surface area contributed by atoms with Crippen LogP contribution in [0.15, 0.2) is 30.3 Å². The molecule has 25 heavy (non-hydrogen) atoms. The zero-order valence-corrected chi connectivity index (χ0v) is 16.4. The molecule has 0 unspecified atom stereocenters. The minimum atomic E-state index is -0.0370. The smallest absolute Gasteiger partial charge is 0.229 e. The van der Waals surface area contributed by atoms with Crippen molar-refractivity contribution in [3.8, 4) is 0 Å². The zero-order valence-electron chi connectivity index (χ0n) is 16.4. The Morgan fingerprint density at radius 1 is 1.08 bits per heavy atom. The molecule has 1 fully saturated rings. The first-order valence-corrected chi connectivity index (χ1v) is 9.41. The van der Waals surface area contributed by atoms with Crippen molar-refractivity contribution in [2.24, 2.45) is 5.92 Å². The molecule has 1 saturated carbocycles. The summed E-state index contributed by atoms with van der Waals surface area (Å²) in [6.45, 7) is 12.0. The first kappa shape index (κ1) is 20.9. The number of amides is 1. The Hall–Kier alpha value is -2.17. The quantitative estimate of drug-likeness (QED) is 0.859. The van der Waals surface area contributed by atoms with Gasteiger partial charge < -0.3 is 5.32 Å². The lowest BCUT2D eigenvalue weighted by Crippen LogP contribution is -2.28. The van der Waals surface area contributed by atoms with Gasteiger partial charge in [-0.2, -0.15) is 0 Å². The summed E-state index contributed by atoms with van der Waals surface area (Å²) >= 11 is 0. The molecule has 1 aliphatic carbocycles. The van der Waals surface area contributed by atoms with Crippen molar-refractivity contribution in [3.63, 3.8) is 0 Å². The summed E-state index contributed by atoms with van der Waals surface area (Å²) in [5, 5.41) is 11.4. The van der Waals surface area contributed by atoms with Gasteiger partial charge >= 0.3 is 0 Å². The molecule has 1 heterocycles. The van der Waals surface area contributed by atoms with Crippen LogP contribution in [0.5, 0.6) is 0 Å². The maximum atomic E-state index is 12.5. The molecular weight excluding hydrogens is 312 g/mol. The number of anilines is 1. The molecule has 0 bridgehead atoms. The lowest BCUT2D eigenvalue weighted by molar-refractivity contribution is -0.120. The molecule has 0 spiro atoms. The van der Waals surface area contributed by atoms with Crippen LogP contribution in [0.3, 0.4) is 0 Å². The van der Waals surface area contributed by atoms with E-state index in [1.807, 2.05) is 76.6 Å². The number of para-hydroxylation sites is 1. The highest BCUT2D eigenvalue weighted by atomic mass is 16.2. The van der Waals surface area contributed by atoms with Gasteiger partial charge in [-0.1, -0.05) is 57.5 Å². The minimum absolute atomic E-state index is 0.0370. The first-order chi connectivity index (χ1) is 12.2. The molecule has 2 aromatic rings. The fourth-order valence-corrected chi connectivity index (χ4v) is 3.03. The molecule has 1 aliphatic rings. The standard InChI is InChI=1S/C16H20N4O.2C2H6/c1-11-12(2)20(19-18-11)15-10-6-9-14(15)16(21)17-13-7-4-3-5-8-13;2*1-2/h3-5,7-8,14-15H,6,9-10H2,1-2H3,(H,17,21);2*1-2H3/t14-,15-;;/m0../s1. The average Bonchev–Trinajstić information content (AvgIpc) is 3.27. The predicted octanol–water partition coefficient (Wildman–Crippen LogP) is 4.93. The van der Waals surface area contributed by atoms with Gasteiger partial charge in [-0.3, -0.25) is 4.79 Å². The number of carbonyl (C=O) groups excluding carboxylic acids is 1. The number of aromatic nitrogens is 3. The van der Waals surface area contributed by atoms with Gasteiger partial charge in [-0.15, -0.1) is 5.10 Å². The van der Waals surface area contributed by atoms with Crippen molar-refractivity contribution in [1.29, 1.82) is 0 Å². The van der Waals surface area contributed by atoms with E-state index in [0.29, 0.717) is 0 Å². The van der Waals surface area contributed by atoms with E-state index in [2.05, 4.69) is 15.6 Å². The summed E-state index contributed by atoms with van der Waals surface area (Å²) in [5.74, 6) is 0.0428. The second-order valence-electron chi connectivity index (χ2n) is 5.66. The van der Waals surface area contributed by atoms with Crippen LogP contribution < -0.4 is 5.32 Å². The highest BCUT2D eigenvalue weighted by molar-refractivity contribution is 5.93. The van der Waals surface area contributed by atoms with Gasteiger partial charge in [0.25, 0.3) is 0 Å². The van der Waals surface area contributed by atoms with Crippen molar-refractivity contribution in [3.05, 3.63) is 41.7 Å². The Balaban J connectivity index is 0.000000730. The highest BCUT2D eigenvalue weighted by Crippen LogP contribution is 2.36. The maximum Gasteiger partial charge on any atom is 0.229 e. The van der Waals surface area contributed by atoms with E-state index in [1.54, 1.807) is 0 Å². The van der Waals surface area contributed by atoms with Crippen molar-refractivity contribution in [2.75, 3.05) is 5.32 Å². The van der Waals surface area contributed by atoms with Gasteiger partial charge in [-0.05, 0) is 38.8 Å². The second kappa shape index (κ2) is 10.6. The Bertz CT molecular complexity index is 636. The average molecular weight is 345 g/mol. The van der Waals surface area contributed by atoms with E-state index >= 15 is 0 Å².